The van der Waals surface area contributed by atoms with Gasteiger partial charge in [-0.2, -0.15) is 0 Å². The highest BCUT2D eigenvalue weighted by atomic mass is 79.9. The zero-order valence-electron chi connectivity index (χ0n) is 9.68. The van der Waals surface area contributed by atoms with Gasteiger partial charge in [0.2, 0.25) is 0 Å². The molecular weight excluding hydrogens is 374 g/mol. The third-order valence-corrected chi connectivity index (χ3v) is 3.55. The summed E-state index contributed by atoms with van der Waals surface area (Å²) in [5.41, 5.74) is 1.92. The van der Waals surface area contributed by atoms with Gasteiger partial charge in [-0.1, -0.05) is 28.1 Å². The van der Waals surface area contributed by atoms with Gasteiger partial charge in [-0.25, -0.2) is 4.79 Å². The van der Waals surface area contributed by atoms with E-state index in [4.69, 9.17) is 5.11 Å². The van der Waals surface area contributed by atoms with Crippen molar-refractivity contribution >= 4 is 49.7 Å². The van der Waals surface area contributed by atoms with Crippen LogP contribution in [-0.2, 0) is 0 Å². The minimum atomic E-state index is -0.931. The molecule has 3 nitrogen and oxygen atoms in total. The Morgan fingerprint density at radius 2 is 1.79 bits per heavy atom. The van der Waals surface area contributed by atoms with Crippen LogP contribution in [0.5, 0.6) is 0 Å². The first-order valence-corrected chi connectivity index (χ1v) is 6.97. The molecule has 0 aliphatic heterocycles. The number of hydrogen-bond acceptors (Lipinski definition) is 2. The van der Waals surface area contributed by atoms with Crippen LogP contribution in [0.3, 0.4) is 0 Å². The van der Waals surface area contributed by atoms with Gasteiger partial charge < -0.3 is 5.11 Å². The van der Waals surface area contributed by atoms with Crippen LogP contribution >= 0.6 is 31.9 Å². The fraction of sp³-hybridized carbons (Fsp3) is 0. The van der Waals surface area contributed by atoms with Gasteiger partial charge >= 0.3 is 5.97 Å². The van der Waals surface area contributed by atoms with Crippen LogP contribution in [0, 0.1) is 0 Å². The van der Waals surface area contributed by atoms with Crippen molar-refractivity contribution in [3.63, 3.8) is 0 Å². The van der Waals surface area contributed by atoms with E-state index in [0.717, 1.165) is 20.2 Å². The summed E-state index contributed by atoms with van der Waals surface area (Å²) in [5.74, 6) is -0.931. The second-order valence-electron chi connectivity index (χ2n) is 3.78. The first kappa shape index (κ1) is 14.0. The Hall–Kier alpha value is -1.46. The smallest absolute Gasteiger partial charge is 0.335 e. The van der Waals surface area contributed by atoms with Crippen LogP contribution in [0.25, 0.3) is 0 Å². The van der Waals surface area contributed by atoms with Gasteiger partial charge in [-0.15, -0.1) is 0 Å². The van der Waals surface area contributed by atoms with Crippen molar-refractivity contribution in [1.82, 2.24) is 0 Å². The van der Waals surface area contributed by atoms with Crippen LogP contribution < -0.4 is 0 Å². The molecule has 0 bridgehead atoms. The molecule has 0 fully saturated rings. The number of hydrogen-bond donors (Lipinski definition) is 1. The molecule has 0 atom stereocenters. The van der Waals surface area contributed by atoms with Crippen LogP contribution in [0.15, 0.2) is 56.4 Å². The third kappa shape index (κ3) is 3.75. The summed E-state index contributed by atoms with van der Waals surface area (Å²) in [6.07, 6.45) is 1.69. The fourth-order valence-electron chi connectivity index (χ4n) is 1.44. The monoisotopic (exact) mass is 381 g/mol. The largest absolute Gasteiger partial charge is 0.478 e. The quantitative estimate of drug-likeness (QED) is 0.784. The Bertz CT molecular complexity index is 636. The molecule has 0 amide bonds. The molecule has 96 valence electrons. The molecule has 0 radical (unpaired) electrons. The van der Waals surface area contributed by atoms with Gasteiger partial charge in [-0.3, -0.25) is 4.99 Å². The number of nitrogens with zero attached hydrogens (tertiary/aromatic N) is 1. The molecule has 2 aromatic rings. The molecule has 2 rings (SSSR count). The summed E-state index contributed by atoms with van der Waals surface area (Å²) in [6.45, 7) is 0. The maximum absolute atomic E-state index is 10.7. The van der Waals surface area contributed by atoms with Crippen molar-refractivity contribution in [1.29, 1.82) is 0 Å². The summed E-state index contributed by atoms with van der Waals surface area (Å²) in [5, 5.41) is 8.80. The zero-order valence-corrected chi connectivity index (χ0v) is 12.8. The molecule has 0 spiro atoms. The van der Waals surface area contributed by atoms with Crippen LogP contribution in [0.4, 0.5) is 5.69 Å². The van der Waals surface area contributed by atoms with Crippen molar-refractivity contribution in [3.8, 4) is 0 Å². The lowest BCUT2D eigenvalue weighted by Crippen LogP contribution is -1.95. The van der Waals surface area contributed by atoms with Gasteiger partial charge in [0.15, 0.2) is 0 Å². The predicted octanol–water partition coefficient (Wildman–Crippen LogP) is 4.66. The molecule has 19 heavy (non-hydrogen) atoms. The normalized spacial score (nSPS) is 10.8. The van der Waals surface area contributed by atoms with Crippen molar-refractivity contribution in [3.05, 3.63) is 62.5 Å². The van der Waals surface area contributed by atoms with Gasteiger partial charge in [0.1, 0.15) is 0 Å². The fourth-order valence-corrected chi connectivity index (χ4v) is 2.59. The second kappa shape index (κ2) is 6.12. The molecule has 0 unspecified atom stereocenters. The van der Waals surface area contributed by atoms with Crippen LogP contribution in [0.1, 0.15) is 15.9 Å². The van der Waals surface area contributed by atoms with Crippen LogP contribution in [0.2, 0.25) is 0 Å². The van der Waals surface area contributed by atoms with Gasteiger partial charge in [-0.05, 0) is 51.8 Å². The highest BCUT2D eigenvalue weighted by Gasteiger charge is 2.01. The third-order valence-electron chi connectivity index (χ3n) is 2.42. The minimum absolute atomic E-state index is 0.266. The van der Waals surface area contributed by atoms with E-state index >= 15 is 0 Å². The Morgan fingerprint density at radius 1 is 1.11 bits per heavy atom. The van der Waals surface area contributed by atoms with E-state index in [-0.39, 0.29) is 5.56 Å². The Kier molecular flexibility index (Phi) is 4.50. The summed E-state index contributed by atoms with van der Waals surface area (Å²) >= 11 is 6.81. The summed E-state index contributed by atoms with van der Waals surface area (Å²) in [4.78, 5) is 15.1. The summed E-state index contributed by atoms with van der Waals surface area (Å²) in [7, 11) is 0. The average Bonchev–Trinajstić information content (AvgIpc) is 2.38. The lowest BCUT2D eigenvalue weighted by molar-refractivity contribution is 0.0697. The number of rotatable bonds is 3. The number of carboxylic acid groups (broad SMARTS) is 1. The van der Waals surface area contributed by atoms with Crippen molar-refractivity contribution in [2.45, 2.75) is 0 Å². The molecule has 1 N–H and O–H groups in total. The maximum Gasteiger partial charge on any atom is 0.335 e. The van der Waals surface area contributed by atoms with Gasteiger partial charge in [0, 0.05) is 15.2 Å². The average molecular weight is 383 g/mol. The Labute approximate surface area is 127 Å². The Morgan fingerprint density at radius 3 is 2.37 bits per heavy atom. The van der Waals surface area contributed by atoms with Crippen molar-refractivity contribution < 1.29 is 9.90 Å². The van der Waals surface area contributed by atoms with E-state index in [1.165, 1.54) is 0 Å². The standard InChI is InChI=1S/C14H9Br2NO2/c15-11-5-6-13(12(16)7-11)17-8-9-1-3-10(4-2-9)14(18)19/h1-8H,(H,18,19)/b17-8+. The van der Waals surface area contributed by atoms with E-state index in [1.54, 1.807) is 30.5 Å². The number of halogens is 2. The number of aromatic carboxylic acids is 1. The molecule has 0 aromatic heterocycles. The topological polar surface area (TPSA) is 49.7 Å². The van der Waals surface area contributed by atoms with Crippen molar-refractivity contribution in [2.24, 2.45) is 4.99 Å². The van der Waals surface area contributed by atoms with E-state index < -0.39 is 5.97 Å². The lowest BCUT2D eigenvalue weighted by atomic mass is 10.1. The van der Waals surface area contributed by atoms with E-state index in [1.807, 2.05) is 18.2 Å². The molecule has 0 aliphatic rings. The molecule has 0 saturated heterocycles. The first-order valence-electron chi connectivity index (χ1n) is 5.39. The predicted molar refractivity (Wildman–Crippen MR) is 82.5 cm³/mol. The van der Waals surface area contributed by atoms with E-state index in [0.29, 0.717) is 0 Å². The number of carbonyl (C=O) groups is 1. The summed E-state index contributed by atoms with van der Waals surface area (Å²) < 4.78 is 1.87. The molecule has 0 heterocycles. The molecule has 2 aromatic carbocycles. The first-order chi connectivity index (χ1) is 9.06. The van der Waals surface area contributed by atoms with Crippen molar-refractivity contribution in [2.75, 3.05) is 0 Å². The van der Waals surface area contributed by atoms with E-state index in [9.17, 15) is 4.79 Å². The summed E-state index contributed by atoms with van der Waals surface area (Å²) in [6, 6.07) is 12.3. The Balaban J connectivity index is 2.20. The number of carboxylic acids is 1. The second-order valence-corrected chi connectivity index (χ2v) is 5.55. The maximum atomic E-state index is 10.7. The highest BCUT2D eigenvalue weighted by Crippen LogP contribution is 2.28. The highest BCUT2D eigenvalue weighted by molar-refractivity contribution is 9.11. The lowest BCUT2D eigenvalue weighted by Gasteiger charge is -1.99. The zero-order chi connectivity index (χ0) is 13.8. The van der Waals surface area contributed by atoms with E-state index in [2.05, 4.69) is 36.9 Å². The molecule has 0 saturated carbocycles. The molecule has 0 aliphatic carbocycles. The number of benzene rings is 2. The SMILES string of the molecule is O=C(O)c1ccc(/C=N/c2ccc(Br)cc2Br)cc1. The van der Waals surface area contributed by atoms with Crippen LogP contribution in [-0.4, -0.2) is 17.3 Å². The van der Waals surface area contributed by atoms with Gasteiger partial charge in [0.25, 0.3) is 0 Å². The number of aliphatic imine (C=N–C) groups is 1. The molecule has 5 heteroatoms. The minimum Gasteiger partial charge on any atom is -0.478 e. The molecular formula is C14H9Br2NO2. The van der Waals surface area contributed by atoms with Gasteiger partial charge in [0.05, 0.1) is 11.3 Å².